The summed E-state index contributed by atoms with van der Waals surface area (Å²) in [6, 6.07) is 13.3. The van der Waals surface area contributed by atoms with Gasteiger partial charge in [0.25, 0.3) is 5.91 Å². The molecule has 0 aromatic heterocycles. The number of methoxy groups -OCH3 is 2. The molecule has 0 aliphatic carbocycles. The zero-order valence-electron chi connectivity index (χ0n) is 15.7. The van der Waals surface area contributed by atoms with Crippen LogP contribution in [0.5, 0.6) is 11.5 Å². The van der Waals surface area contributed by atoms with Gasteiger partial charge in [-0.05, 0) is 24.3 Å². The average Bonchev–Trinajstić information content (AvgIpc) is 3.30. The molecule has 2 aromatic carbocycles. The lowest BCUT2D eigenvalue weighted by Crippen LogP contribution is -2.46. The smallest absolute Gasteiger partial charge is 0.319 e. The van der Waals surface area contributed by atoms with Gasteiger partial charge in [-0.3, -0.25) is 9.69 Å². The Morgan fingerprint density at radius 1 is 1.10 bits per heavy atom. The number of fused-ring (bicyclic) bond motifs is 1. The number of benzene rings is 2. The number of amides is 3. The molecule has 0 bridgehead atoms. The summed E-state index contributed by atoms with van der Waals surface area (Å²) in [4.78, 5) is 27.4. The molecule has 7 nitrogen and oxygen atoms in total. The number of carbonyl (C=O) groups excluding carboxylic acids is 2. The molecule has 0 spiro atoms. The average molecular weight is 430 g/mol. The van der Waals surface area contributed by atoms with Crippen molar-refractivity contribution < 1.29 is 19.1 Å². The van der Waals surface area contributed by atoms with E-state index in [2.05, 4.69) is 10.6 Å². The summed E-state index contributed by atoms with van der Waals surface area (Å²) in [6.07, 6.45) is 0. The Kier molecular flexibility index (Phi) is 5.59. The molecule has 0 radical (unpaired) electrons. The number of nitrogens with zero attached hydrogens (tertiary/aromatic N) is 1. The van der Waals surface area contributed by atoms with Gasteiger partial charge < -0.3 is 20.1 Å². The highest BCUT2D eigenvalue weighted by atomic mass is 33.1. The number of urea groups is 1. The summed E-state index contributed by atoms with van der Waals surface area (Å²) in [7, 11) is 6.21. The number of hydrogen-bond donors (Lipinski definition) is 2. The second kappa shape index (κ2) is 8.30. The fourth-order valence-electron chi connectivity index (χ4n) is 3.25. The Labute approximate surface area is 176 Å². The molecular formula is C20H19N3O4S2. The summed E-state index contributed by atoms with van der Waals surface area (Å²) in [5, 5.41) is 7.35. The van der Waals surface area contributed by atoms with Crippen LogP contribution in [0.2, 0.25) is 0 Å². The van der Waals surface area contributed by atoms with Crippen molar-refractivity contribution in [2.75, 3.05) is 24.4 Å². The van der Waals surface area contributed by atoms with Crippen LogP contribution in [0.3, 0.4) is 0 Å². The SMILES string of the molecule is COc1ccc(N2C(=O)C(NC(=O)Nc3ccccc3)C3SSC=C32)c(OC)c1. The van der Waals surface area contributed by atoms with Gasteiger partial charge in [-0.15, -0.1) is 0 Å². The third kappa shape index (κ3) is 3.75. The molecule has 150 valence electrons. The first-order valence-corrected chi connectivity index (χ1v) is 11.1. The van der Waals surface area contributed by atoms with Crippen LogP contribution < -0.4 is 25.0 Å². The lowest BCUT2D eigenvalue weighted by atomic mass is 10.2. The molecule has 2 aliphatic heterocycles. The molecule has 0 saturated carbocycles. The van der Waals surface area contributed by atoms with E-state index in [0.29, 0.717) is 22.9 Å². The molecule has 2 heterocycles. The number of carbonyl (C=O) groups is 2. The highest BCUT2D eigenvalue weighted by molar-refractivity contribution is 8.78. The van der Waals surface area contributed by atoms with E-state index in [9.17, 15) is 9.59 Å². The van der Waals surface area contributed by atoms with E-state index in [-0.39, 0.29) is 11.2 Å². The topological polar surface area (TPSA) is 79.9 Å². The molecule has 2 N–H and O–H groups in total. The van der Waals surface area contributed by atoms with Crippen LogP contribution in [0.25, 0.3) is 0 Å². The zero-order chi connectivity index (χ0) is 20.4. The maximum Gasteiger partial charge on any atom is 0.319 e. The summed E-state index contributed by atoms with van der Waals surface area (Å²) in [5.41, 5.74) is 2.11. The van der Waals surface area contributed by atoms with Crippen molar-refractivity contribution >= 4 is 44.9 Å². The first-order valence-electron chi connectivity index (χ1n) is 8.83. The molecular weight excluding hydrogens is 410 g/mol. The molecule has 29 heavy (non-hydrogen) atoms. The van der Waals surface area contributed by atoms with Crippen LogP contribution in [0.15, 0.2) is 59.6 Å². The second-order valence-electron chi connectivity index (χ2n) is 6.31. The molecule has 4 rings (SSSR count). The zero-order valence-corrected chi connectivity index (χ0v) is 17.4. The predicted octanol–water partition coefficient (Wildman–Crippen LogP) is 3.85. The summed E-state index contributed by atoms with van der Waals surface area (Å²) in [5.74, 6) is 0.948. The molecule has 9 heteroatoms. The van der Waals surface area contributed by atoms with Gasteiger partial charge in [0.2, 0.25) is 0 Å². The lowest BCUT2D eigenvalue weighted by Gasteiger charge is -2.21. The molecule has 1 saturated heterocycles. The van der Waals surface area contributed by atoms with Gasteiger partial charge in [0.15, 0.2) is 0 Å². The van der Waals surface area contributed by atoms with Gasteiger partial charge in [0.05, 0.1) is 25.2 Å². The van der Waals surface area contributed by atoms with Gasteiger partial charge >= 0.3 is 6.03 Å². The van der Waals surface area contributed by atoms with Crippen LogP contribution in [0.4, 0.5) is 16.2 Å². The Balaban J connectivity index is 1.58. The maximum atomic E-state index is 13.3. The molecule has 2 aromatic rings. The van der Waals surface area contributed by atoms with E-state index in [1.54, 1.807) is 71.0 Å². The summed E-state index contributed by atoms with van der Waals surface area (Å²) < 4.78 is 10.7. The third-order valence-corrected chi connectivity index (χ3v) is 7.03. The van der Waals surface area contributed by atoms with Crippen LogP contribution in [-0.2, 0) is 4.79 Å². The van der Waals surface area contributed by atoms with E-state index in [1.807, 2.05) is 23.6 Å². The van der Waals surface area contributed by atoms with Crippen molar-refractivity contribution in [2.24, 2.45) is 0 Å². The Morgan fingerprint density at radius 3 is 2.62 bits per heavy atom. The van der Waals surface area contributed by atoms with Gasteiger partial charge in [-0.25, -0.2) is 4.79 Å². The highest BCUT2D eigenvalue weighted by Gasteiger charge is 2.49. The normalized spacial score (nSPS) is 20.1. The monoisotopic (exact) mass is 429 g/mol. The minimum atomic E-state index is -0.684. The number of nitrogens with one attached hydrogen (secondary N) is 2. The van der Waals surface area contributed by atoms with Crippen LogP contribution in [-0.4, -0.2) is 37.4 Å². The van der Waals surface area contributed by atoms with Crippen LogP contribution >= 0.6 is 21.6 Å². The quantitative estimate of drug-likeness (QED) is 0.703. The van der Waals surface area contributed by atoms with Crippen LogP contribution in [0.1, 0.15) is 0 Å². The highest BCUT2D eigenvalue weighted by Crippen LogP contribution is 2.50. The van der Waals surface area contributed by atoms with Crippen LogP contribution in [0, 0.1) is 0 Å². The van der Waals surface area contributed by atoms with E-state index < -0.39 is 12.1 Å². The first kappa shape index (κ1) is 19.5. The third-order valence-electron chi connectivity index (χ3n) is 4.61. The molecule has 2 unspecified atom stereocenters. The standard InChI is InChI=1S/C20H19N3O4S2/c1-26-13-8-9-14(16(10-13)27-2)23-15-11-28-29-18(15)17(19(23)24)22-20(25)21-12-6-4-3-5-7-12/h3-11,17-18H,1-2H3,(H2,21,22,25). The van der Waals surface area contributed by atoms with E-state index in [0.717, 1.165) is 5.70 Å². The van der Waals surface area contributed by atoms with Gasteiger partial charge in [0.1, 0.15) is 17.5 Å². The lowest BCUT2D eigenvalue weighted by molar-refractivity contribution is -0.118. The number of hydrogen-bond acceptors (Lipinski definition) is 6. The molecule has 2 aliphatic rings. The Morgan fingerprint density at radius 2 is 1.90 bits per heavy atom. The minimum Gasteiger partial charge on any atom is -0.497 e. The van der Waals surface area contributed by atoms with Crippen molar-refractivity contribution in [3.8, 4) is 11.5 Å². The van der Waals surface area contributed by atoms with E-state index in [1.165, 1.54) is 0 Å². The van der Waals surface area contributed by atoms with Gasteiger partial charge in [-0.1, -0.05) is 39.8 Å². The van der Waals surface area contributed by atoms with Crippen molar-refractivity contribution in [1.82, 2.24) is 5.32 Å². The minimum absolute atomic E-state index is 0.180. The van der Waals surface area contributed by atoms with E-state index in [4.69, 9.17) is 9.47 Å². The largest absolute Gasteiger partial charge is 0.497 e. The van der Waals surface area contributed by atoms with Crippen molar-refractivity contribution in [1.29, 1.82) is 0 Å². The second-order valence-corrected chi connectivity index (χ2v) is 8.59. The van der Waals surface area contributed by atoms with Crippen molar-refractivity contribution in [2.45, 2.75) is 11.3 Å². The number of rotatable bonds is 5. The molecule has 2 atom stereocenters. The summed E-state index contributed by atoms with van der Waals surface area (Å²) >= 11 is 0. The fraction of sp³-hybridized carbons (Fsp3) is 0.200. The molecule has 1 fully saturated rings. The predicted molar refractivity (Wildman–Crippen MR) is 116 cm³/mol. The number of para-hydroxylation sites is 1. The van der Waals surface area contributed by atoms with Crippen molar-refractivity contribution in [3.63, 3.8) is 0 Å². The Hall–Kier alpha value is -2.78. The first-order chi connectivity index (χ1) is 14.1. The van der Waals surface area contributed by atoms with Gasteiger partial charge in [-0.2, -0.15) is 0 Å². The maximum absolute atomic E-state index is 13.3. The Bertz CT molecular complexity index is 967. The fourth-order valence-corrected chi connectivity index (χ4v) is 5.88. The number of ether oxygens (including phenoxy) is 2. The van der Waals surface area contributed by atoms with E-state index >= 15 is 0 Å². The number of anilines is 2. The summed E-state index contributed by atoms with van der Waals surface area (Å²) in [6.45, 7) is 0. The van der Waals surface area contributed by atoms with Gasteiger partial charge in [0, 0.05) is 22.9 Å². The van der Waals surface area contributed by atoms with Crippen molar-refractivity contribution in [3.05, 3.63) is 59.6 Å². The molecule has 3 amide bonds.